The van der Waals surface area contributed by atoms with E-state index in [0.717, 1.165) is 40.0 Å². The second-order valence-electron chi connectivity index (χ2n) is 9.65. The standard InChI is InChI=1S/C31H27ClFNO4S/c1-18(20-6-11-24(33)12-7-20)38-30(36)34-26-17-28(32)39-29(26)22-8-13-25(27(16-22)37-3)21-4-9-23(10-5-21)31(14-15-31)19(2)35/h4-13,16-18H,14-15H2,1-3H3,(H,34,36)/t18-/m1/s1. The molecule has 1 aliphatic carbocycles. The summed E-state index contributed by atoms with van der Waals surface area (Å²) in [6.45, 7) is 3.38. The molecule has 1 saturated carbocycles. The van der Waals surface area contributed by atoms with Gasteiger partial charge in [-0.15, -0.1) is 11.3 Å². The molecule has 1 aromatic heterocycles. The van der Waals surface area contributed by atoms with Crippen LogP contribution < -0.4 is 10.1 Å². The smallest absolute Gasteiger partial charge is 0.412 e. The lowest BCUT2D eigenvalue weighted by atomic mass is 9.90. The highest BCUT2D eigenvalue weighted by Crippen LogP contribution is 2.49. The molecule has 4 aromatic rings. The fraction of sp³-hybridized carbons (Fsp3) is 0.226. The van der Waals surface area contributed by atoms with Crippen LogP contribution in [0.4, 0.5) is 14.9 Å². The Labute approximate surface area is 235 Å². The van der Waals surface area contributed by atoms with Crippen molar-refractivity contribution < 1.29 is 23.5 Å². The van der Waals surface area contributed by atoms with E-state index in [4.69, 9.17) is 21.1 Å². The number of thiophene rings is 1. The normalized spacial score (nSPS) is 14.4. The van der Waals surface area contributed by atoms with Gasteiger partial charge in [-0.25, -0.2) is 9.18 Å². The van der Waals surface area contributed by atoms with E-state index in [2.05, 4.69) is 5.32 Å². The van der Waals surface area contributed by atoms with Crippen molar-refractivity contribution in [3.63, 3.8) is 0 Å². The number of benzene rings is 3. The van der Waals surface area contributed by atoms with Gasteiger partial charge in [0.15, 0.2) is 0 Å². The van der Waals surface area contributed by atoms with Gasteiger partial charge in [-0.1, -0.05) is 60.1 Å². The number of methoxy groups -OCH3 is 1. The van der Waals surface area contributed by atoms with Crippen LogP contribution in [0, 0.1) is 5.82 Å². The van der Waals surface area contributed by atoms with E-state index in [-0.39, 0.29) is 17.0 Å². The highest BCUT2D eigenvalue weighted by atomic mass is 35.5. The third-order valence-corrected chi connectivity index (χ3v) is 8.51. The van der Waals surface area contributed by atoms with Gasteiger partial charge in [0.2, 0.25) is 0 Å². The predicted octanol–water partition coefficient (Wildman–Crippen LogP) is 8.81. The van der Waals surface area contributed by atoms with Crippen LogP contribution in [0.5, 0.6) is 5.75 Å². The molecule has 0 saturated heterocycles. The molecule has 5 rings (SSSR count). The molecule has 0 bridgehead atoms. The SMILES string of the molecule is COc1cc(-c2sc(Cl)cc2NC(=O)O[C@H](C)c2ccc(F)cc2)ccc1-c1ccc(C2(C(C)=O)CC2)cc1. The summed E-state index contributed by atoms with van der Waals surface area (Å²) >= 11 is 7.66. The van der Waals surface area contributed by atoms with Crippen LogP contribution in [0.2, 0.25) is 4.34 Å². The second-order valence-corrected chi connectivity index (χ2v) is 11.3. The average molecular weight is 564 g/mol. The first-order valence-corrected chi connectivity index (χ1v) is 13.7. The van der Waals surface area contributed by atoms with Crippen LogP contribution in [0.25, 0.3) is 21.6 Å². The van der Waals surface area contributed by atoms with Crippen molar-refractivity contribution >= 4 is 40.5 Å². The molecule has 200 valence electrons. The first kappa shape index (κ1) is 26.9. The number of amides is 1. The van der Waals surface area contributed by atoms with Crippen LogP contribution in [0.15, 0.2) is 72.8 Å². The lowest BCUT2D eigenvalue weighted by Crippen LogP contribution is -2.16. The summed E-state index contributed by atoms with van der Waals surface area (Å²) in [4.78, 5) is 25.5. The van der Waals surface area contributed by atoms with Gasteiger partial charge < -0.3 is 9.47 Å². The Bertz CT molecular complexity index is 1530. The number of anilines is 1. The number of rotatable bonds is 8. The molecule has 5 nitrogen and oxygen atoms in total. The van der Waals surface area contributed by atoms with E-state index in [1.807, 2.05) is 42.5 Å². The predicted molar refractivity (Wildman–Crippen MR) is 153 cm³/mol. The van der Waals surface area contributed by atoms with E-state index in [1.54, 1.807) is 39.2 Å². The van der Waals surface area contributed by atoms with Crippen molar-refractivity contribution in [1.29, 1.82) is 0 Å². The van der Waals surface area contributed by atoms with Crippen LogP contribution in [0.3, 0.4) is 0 Å². The third-order valence-electron chi connectivity index (χ3n) is 7.20. The maximum absolute atomic E-state index is 13.2. The number of hydrogen-bond donors (Lipinski definition) is 1. The van der Waals surface area contributed by atoms with Crippen molar-refractivity contribution in [1.82, 2.24) is 0 Å². The monoisotopic (exact) mass is 563 g/mol. The number of carbonyl (C=O) groups excluding carboxylic acids is 2. The molecule has 1 atom stereocenters. The minimum absolute atomic E-state index is 0.213. The number of nitrogens with one attached hydrogen (secondary N) is 1. The van der Waals surface area contributed by atoms with Crippen LogP contribution in [0.1, 0.15) is 43.9 Å². The lowest BCUT2D eigenvalue weighted by molar-refractivity contribution is -0.119. The Hall–Kier alpha value is -3.68. The Balaban J connectivity index is 1.36. The van der Waals surface area contributed by atoms with Crippen LogP contribution >= 0.6 is 22.9 Å². The lowest BCUT2D eigenvalue weighted by Gasteiger charge is -2.15. The maximum atomic E-state index is 13.2. The first-order valence-electron chi connectivity index (χ1n) is 12.5. The second kappa shape index (κ2) is 10.8. The van der Waals surface area contributed by atoms with Gasteiger partial charge in [-0.3, -0.25) is 10.1 Å². The van der Waals surface area contributed by atoms with E-state index in [0.29, 0.717) is 21.3 Å². The van der Waals surface area contributed by atoms with Crippen molar-refractivity contribution in [2.45, 2.75) is 38.2 Å². The van der Waals surface area contributed by atoms with Gasteiger partial charge in [-0.05, 0) is 73.2 Å². The summed E-state index contributed by atoms with van der Waals surface area (Å²) in [5.74, 6) is 0.520. The molecule has 1 aliphatic rings. The van der Waals surface area contributed by atoms with Crippen molar-refractivity contribution in [2.24, 2.45) is 0 Å². The van der Waals surface area contributed by atoms with Gasteiger partial charge >= 0.3 is 6.09 Å². The van der Waals surface area contributed by atoms with E-state index in [9.17, 15) is 14.0 Å². The van der Waals surface area contributed by atoms with Crippen LogP contribution in [-0.2, 0) is 14.9 Å². The first-order chi connectivity index (χ1) is 18.7. The topological polar surface area (TPSA) is 64.6 Å². The average Bonchev–Trinajstić information content (AvgIpc) is 3.66. The summed E-state index contributed by atoms with van der Waals surface area (Å²) in [6.07, 6.45) is 0.584. The Morgan fingerprint density at radius 1 is 1.00 bits per heavy atom. The molecule has 0 spiro atoms. The van der Waals surface area contributed by atoms with E-state index >= 15 is 0 Å². The van der Waals surface area contributed by atoms with Crippen LogP contribution in [-0.4, -0.2) is 19.0 Å². The number of carbonyl (C=O) groups is 2. The molecule has 39 heavy (non-hydrogen) atoms. The molecule has 0 aliphatic heterocycles. The van der Waals surface area contributed by atoms with Gasteiger partial charge in [0.25, 0.3) is 0 Å². The molecule has 3 aromatic carbocycles. The fourth-order valence-corrected chi connectivity index (χ4v) is 5.96. The van der Waals surface area contributed by atoms with Gasteiger partial charge in [0.05, 0.1) is 27.4 Å². The summed E-state index contributed by atoms with van der Waals surface area (Å²) in [5.41, 5.74) is 4.63. The number of halogens is 2. The third kappa shape index (κ3) is 5.56. The summed E-state index contributed by atoms with van der Waals surface area (Å²) in [7, 11) is 1.61. The molecule has 1 heterocycles. The minimum atomic E-state index is -0.648. The highest BCUT2D eigenvalue weighted by Gasteiger charge is 2.48. The van der Waals surface area contributed by atoms with Gasteiger partial charge in [0, 0.05) is 5.56 Å². The van der Waals surface area contributed by atoms with Gasteiger partial charge in [-0.2, -0.15) is 0 Å². The quantitative estimate of drug-likeness (QED) is 0.232. The summed E-state index contributed by atoms with van der Waals surface area (Å²) in [6, 6.07) is 21.4. The Kier molecular flexibility index (Phi) is 7.47. The number of ether oxygens (including phenoxy) is 2. The molecular weight excluding hydrogens is 537 g/mol. The zero-order valence-corrected chi connectivity index (χ0v) is 23.3. The maximum Gasteiger partial charge on any atom is 0.412 e. The van der Waals surface area contributed by atoms with E-state index < -0.39 is 12.2 Å². The molecule has 8 heteroatoms. The zero-order valence-electron chi connectivity index (χ0n) is 21.7. The number of hydrogen-bond acceptors (Lipinski definition) is 5. The van der Waals surface area contributed by atoms with E-state index in [1.165, 1.54) is 23.5 Å². The molecule has 1 fully saturated rings. The largest absolute Gasteiger partial charge is 0.496 e. The summed E-state index contributed by atoms with van der Waals surface area (Å²) in [5, 5.41) is 2.78. The molecule has 1 amide bonds. The number of ketones is 1. The zero-order chi connectivity index (χ0) is 27.7. The fourth-order valence-electron chi connectivity index (χ4n) is 4.78. The van der Waals surface area contributed by atoms with Crippen molar-refractivity contribution in [3.8, 4) is 27.3 Å². The molecule has 1 N–H and O–H groups in total. The Morgan fingerprint density at radius 2 is 1.67 bits per heavy atom. The highest BCUT2D eigenvalue weighted by molar-refractivity contribution is 7.20. The minimum Gasteiger partial charge on any atom is -0.496 e. The van der Waals surface area contributed by atoms with Crippen molar-refractivity contribution in [3.05, 3.63) is 94.1 Å². The Morgan fingerprint density at radius 3 is 2.28 bits per heavy atom. The number of Topliss-reactive ketones (excluding diaryl/α,β-unsaturated/α-hetero) is 1. The summed E-state index contributed by atoms with van der Waals surface area (Å²) < 4.78 is 24.9. The molecular formula is C31H27ClFNO4S. The molecule has 0 unspecified atom stereocenters. The van der Waals surface area contributed by atoms with Crippen molar-refractivity contribution in [2.75, 3.05) is 12.4 Å². The van der Waals surface area contributed by atoms with Gasteiger partial charge in [0.1, 0.15) is 23.5 Å². The molecule has 0 radical (unpaired) electrons.